The van der Waals surface area contributed by atoms with E-state index in [0.29, 0.717) is 12.3 Å². The molecule has 0 unspecified atom stereocenters. The maximum absolute atomic E-state index is 11.2. The van der Waals surface area contributed by atoms with Crippen molar-refractivity contribution < 1.29 is 9.85 Å². The van der Waals surface area contributed by atoms with E-state index in [1.807, 2.05) is 30.3 Å². The molecule has 0 spiro atoms. The maximum atomic E-state index is 11.2. The molecule has 0 bridgehead atoms. The van der Waals surface area contributed by atoms with Crippen molar-refractivity contribution in [3.8, 4) is 0 Å². The lowest BCUT2D eigenvalue weighted by atomic mass is 10.1. The molecule has 0 aliphatic heterocycles. The van der Waals surface area contributed by atoms with Crippen LogP contribution in [0.3, 0.4) is 0 Å². The number of rotatable bonds is 9. The summed E-state index contributed by atoms with van der Waals surface area (Å²) < 4.78 is 0. The largest absolute Gasteiger partial charge is 0.301 e. The number of hydrogen-bond acceptors (Lipinski definition) is 6. The SMILES string of the molecule is O=[N+]([O-])c1ccc(NN=C(CCCCCl)c2ccccc2)c([N+](=O)[O-])c1. The van der Waals surface area contributed by atoms with Gasteiger partial charge in [-0.15, -0.1) is 11.6 Å². The van der Waals surface area contributed by atoms with E-state index in [9.17, 15) is 20.2 Å². The molecule has 0 aliphatic carbocycles. The smallest absolute Gasteiger partial charge is 0.271 e. The van der Waals surface area contributed by atoms with Crippen LogP contribution in [0, 0.1) is 20.2 Å². The summed E-state index contributed by atoms with van der Waals surface area (Å²) in [5, 5.41) is 26.3. The molecule has 0 radical (unpaired) electrons. The highest BCUT2D eigenvalue weighted by molar-refractivity contribution is 6.17. The number of unbranched alkanes of at least 4 members (excludes halogenated alkanes) is 1. The van der Waals surface area contributed by atoms with Gasteiger partial charge in [-0.25, -0.2) is 0 Å². The Morgan fingerprint density at radius 3 is 2.38 bits per heavy atom. The normalized spacial score (nSPS) is 11.2. The first-order valence-corrected chi connectivity index (χ1v) is 8.43. The van der Waals surface area contributed by atoms with Gasteiger partial charge >= 0.3 is 5.69 Å². The number of nitro benzene ring substituents is 2. The molecular weight excluding hydrogens is 360 g/mol. The van der Waals surface area contributed by atoms with Crippen molar-refractivity contribution in [1.82, 2.24) is 0 Å². The summed E-state index contributed by atoms with van der Waals surface area (Å²) in [5.41, 5.74) is 3.62. The summed E-state index contributed by atoms with van der Waals surface area (Å²) in [5.74, 6) is 0.545. The lowest BCUT2D eigenvalue weighted by Gasteiger charge is -2.08. The zero-order valence-electron chi connectivity index (χ0n) is 13.8. The number of benzene rings is 2. The molecule has 0 atom stereocenters. The third-order valence-electron chi connectivity index (χ3n) is 3.60. The minimum atomic E-state index is -0.680. The van der Waals surface area contributed by atoms with Gasteiger partial charge in [-0.1, -0.05) is 30.3 Å². The number of hydrogen-bond donors (Lipinski definition) is 1. The minimum absolute atomic E-state index is 0.0892. The molecule has 26 heavy (non-hydrogen) atoms. The van der Waals surface area contributed by atoms with Gasteiger partial charge in [0.05, 0.1) is 21.6 Å². The van der Waals surface area contributed by atoms with Gasteiger partial charge in [-0.3, -0.25) is 25.7 Å². The predicted octanol–water partition coefficient (Wildman–Crippen LogP) is 4.73. The van der Waals surface area contributed by atoms with Crippen LogP contribution in [0.2, 0.25) is 0 Å². The second-order valence-electron chi connectivity index (χ2n) is 5.40. The number of non-ortho nitro benzene ring substituents is 1. The minimum Gasteiger partial charge on any atom is -0.271 e. The Kier molecular flexibility index (Phi) is 7.04. The van der Waals surface area contributed by atoms with E-state index in [1.165, 1.54) is 12.1 Å². The summed E-state index contributed by atoms with van der Waals surface area (Å²) in [4.78, 5) is 20.7. The molecule has 0 aliphatic rings. The molecule has 0 saturated carbocycles. The lowest BCUT2D eigenvalue weighted by molar-refractivity contribution is -0.393. The van der Waals surface area contributed by atoms with E-state index < -0.39 is 15.5 Å². The standard InChI is InChI=1S/C17H17ClN4O4/c18-11-5-4-8-15(13-6-2-1-3-7-13)19-20-16-10-9-14(21(23)24)12-17(16)22(25)26/h1-3,6-7,9-10,12,20H,4-5,8,11H2. The van der Waals surface area contributed by atoms with Gasteiger partial charge < -0.3 is 0 Å². The Hall–Kier alpha value is -3.00. The van der Waals surface area contributed by atoms with Crippen LogP contribution in [0.5, 0.6) is 0 Å². The molecule has 0 heterocycles. The van der Waals surface area contributed by atoms with E-state index in [0.717, 1.165) is 30.2 Å². The van der Waals surface area contributed by atoms with Gasteiger partial charge in [-0.2, -0.15) is 5.10 Å². The van der Waals surface area contributed by atoms with E-state index in [1.54, 1.807) is 0 Å². The number of nitro groups is 2. The highest BCUT2D eigenvalue weighted by atomic mass is 35.5. The molecule has 0 fully saturated rings. The van der Waals surface area contributed by atoms with Gasteiger partial charge in [0.15, 0.2) is 0 Å². The van der Waals surface area contributed by atoms with Crippen LogP contribution in [0.1, 0.15) is 24.8 Å². The first-order valence-electron chi connectivity index (χ1n) is 7.89. The van der Waals surface area contributed by atoms with Gasteiger partial charge in [-0.05, 0) is 30.9 Å². The lowest BCUT2D eigenvalue weighted by Crippen LogP contribution is -2.06. The topological polar surface area (TPSA) is 111 Å². The maximum Gasteiger partial charge on any atom is 0.301 e. The van der Waals surface area contributed by atoms with Crippen LogP contribution >= 0.6 is 11.6 Å². The number of nitrogens with zero attached hydrogens (tertiary/aromatic N) is 3. The van der Waals surface area contributed by atoms with Crippen LogP contribution in [0.25, 0.3) is 0 Å². The Morgan fingerprint density at radius 1 is 1.04 bits per heavy atom. The highest BCUT2D eigenvalue weighted by Crippen LogP contribution is 2.29. The zero-order valence-corrected chi connectivity index (χ0v) is 14.6. The van der Waals surface area contributed by atoms with Crippen molar-refractivity contribution in [3.05, 3.63) is 74.3 Å². The van der Waals surface area contributed by atoms with E-state index in [4.69, 9.17) is 11.6 Å². The molecule has 2 aromatic rings. The summed E-state index contributed by atoms with van der Waals surface area (Å²) >= 11 is 5.71. The number of alkyl halides is 1. The fourth-order valence-electron chi connectivity index (χ4n) is 2.29. The van der Waals surface area contributed by atoms with Gasteiger partial charge in [0.25, 0.3) is 5.69 Å². The third-order valence-corrected chi connectivity index (χ3v) is 3.87. The average molecular weight is 377 g/mol. The van der Waals surface area contributed by atoms with Crippen molar-refractivity contribution in [2.75, 3.05) is 11.3 Å². The van der Waals surface area contributed by atoms with Crippen molar-refractivity contribution in [2.45, 2.75) is 19.3 Å². The van der Waals surface area contributed by atoms with Gasteiger partial charge in [0.2, 0.25) is 0 Å². The first kappa shape index (κ1) is 19.3. The molecule has 0 saturated heterocycles. The monoisotopic (exact) mass is 376 g/mol. The van der Waals surface area contributed by atoms with Crippen LogP contribution in [0.4, 0.5) is 17.1 Å². The summed E-state index contributed by atoms with van der Waals surface area (Å²) in [6, 6.07) is 12.8. The molecular formula is C17H17ClN4O4. The third kappa shape index (κ3) is 5.25. The number of halogens is 1. The Bertz CT molecular complexity index is 812. The number of anilines is 1. The Labute approximate surface area is 154 Å². The summed E-state index contributed by atoms with van der Waals surface area (Å²) in [6.45, 7) is 0. The number of nitrogens with one attached hydrogen (secondary N) is 1. The van der Waals surface area contributed by atoms with Gasteiger partial charge in [0, 0.05) is 11.9 Å². The molecule has 9 heteroatoms. The second kappa shape index (κ2) is 9.47. The fourth-order valence-corrected chi connectivity index (χ4v) is 2.48. The van der Waals surface area contributed by atoms with Crippen molar-refractivity contribution >= 4 is 34.4 Å². The molecule has 2 rings (SSSR count). The zero-order chi connectivity index (χ0) is 18.9. The average Bonchev–Trinajstić information content (AvgIpc) is 2.65. The second-order valence-corrected chi connectivity index (χ2v) is 5.78. The fraction of sp³-hybridized carbons (Fsp3) is 0.235. The van der Waals surface area contributed by atoms with Crippen LogP contribution in [0.15, 0.2) is 53.6 Å². The van der Waals surface area contributed by atoms with Crippen molar-refractivity contribution in [1.29, 1.82) is 0 Å². The van der Waals surface area contributed by atoms with Crippen LogP contribution in [-0.2, 0) is 0 Å². The molecule has 1 N–H and O–H groups in total. The Morgan fingerprint density at radius 2 is 1.77 bits per heavy atom. The highest BCUT2D eigenvalue weighted by Gasteiger charge is 2.19. The molecule has 136 valence electrons. The first-order chi connectivity index (χ1) is 12.5. The van der Waals surface area contributed by atoms with Crippen LogP contribution in [-0.4, -0.2) is 21.4 Å². The van der Waals surface area contributed by atoms with E-state index in [2.05, 4.69) is 10.5 Å². The summed E-state index contributed by atoms with van der Waals surface area (Å²) in [6.07, 6.45) is 2.29. The van der Waals surface area contributed by atoms with E-state index >= 15 is 0 Å². The quantitative estimate of drug-likeness (QED) is 0.223. The molecule has 0 aromatic heterocycles. The molecule has 8 nitrogen and oxygen atoms in total. The molecule has 2 aromatic carbocycles. The molecule has 0 amide bonds. The predicted molar refractivity (Wildman–Crippen MR) is 101 cm³/mol. The van der Waals surface area contributed by atoms with Gasteiger partial charge in [0.1, 0.15) is 5.69 Å². The van der Waals surface area contributed by atoms with Crippen molar-refractivity contribution in [2.24, 2.45) is 5.10 Å². The van der Waals surface area contributed by atoms with Crippen LogP contribution < -0.4 is 5.43 Å². The number of hydrazone groups is 1. The van der Waals surface area contributed by atoms with E-state index in [-0.39, 0.29) is 11.4 Å². The summed E-state index contributed by atoms with van der Waals surface area (Å²) in [7, 11) is 0. The van der Waals surface area contributed by atoms with Crippen molar-refractivity contribution in [3.63, 3.8) is 0 Å². The Balaban J connectivity index is 2.30.